The second-order valence-electron chi connectivity index (χ2n) is 4.40. The van der Waals surface area contributed by atoms with Gasteiger partial charge in [-0.3, -0.25) is 0 Å². The molecule has 20 heavy (non-hydrogen) atoms. The first-order valence-corrected chi connectivity index (χ1v) is 6.30. The van der Waals surface area contributed by atoms with Gasteiger partial charge in [-0.05, 0) is 31.5 Å². The van der Waals surface area contributed by atoms with Crippen LogP contribution in [-0.2, 0) is 9.53 Å². The molecule has 106 valence electrons. The Bertz CT molecular complexity index is 593. The van der Waals surface area contributed by atoms with Crippen LogP contribution in [0.3, 0.4) is 0 Å². The number of esters is 1. The molecule has 0 saturated carbocycles. The predicted molar refractivity (Wildman–Crippen MR) is 74.9 cm³/mol. The van der Waals surface area contributed by atoms with Crippen molar-refractivity contribution < 1.29 is 14.6 Å². The Morgan fingerprint density at radius 1 is 1.55 bits per heavy atom. The normalized spacial score (nSPS) is 18.3. The zero-order valence-electron chi connectivity index (χ0n) is 11.4. The van der Waals surface area contributed by atoms with Crippen LogP contribution in [0.25, 0.3) is 0 Å². The van der Waals surface area contributed by atoms with E-state index < -0.39 is 12.0 Å². The van der Waals surface area contributed by atoms with Crippen LogP contribution in [0.4, 0.5) is 0 Å². The van der Waals surface area contributed by atoms with Crippen molar-refractivity contribution in [2.24, 2.45) is 10.7 Å². The van der Waals surface area contributed by atoms with Gasteiger partial charge in [0.15, 0.2) is 5.96 Å². The van der Waals surface area contributed by atoms with Crippen LogP contribution in [0.2, 0.25) is 0 Å². The Morgan fingerprint density at radius 2 is 2.30 bits per heavy atom. The van der Waals surface area contributed by atoms with Gasteiger partial charge in [0.05, 0.1) is 12.2 Å². The molecular formula is C14H17N3O3. The third-order valence-corrected chi connectivity index (χ3v) is 2.94. The fourth-order valence-electron chi connectivity index (χ4n) is 2.11. The van der Waals surface area contributed by atoms with Crippen LogP contribution < -0.4 is 11.1 Å². The average molecular weight is 275 g/mol. The summed E-state index contributed by atoms with van der Waals surface area (Å²) in [6, 6.07) is 6.00. The number of aliphatic imine (C=N–C) groups is 1. The van der Waals surface area contributed by atoms with Crippen LogP contribution >= 0.6 is 0 Å². The van der Waals surface area contributed by atoms with E-state index >= 15 is 0 Å². The molecule has 1 unspecified atom stereocenters. The third kappa shape index (κ3) is 2.74. The summed E-state index contributed by atoms with van der Waals surface area (Å²) in [4.78, 5) is 16.3. The molecule has 0 saturated heterocycles. The van der Waals surface area contributed by atoms with Gasteiger partial charge < -0.3 is 20.9 Å². The SMILES string of the molecule is CCOC(=O)C1=C(C)NC(N)=NC1c1cccc(O)c1. The Balaban J connectivity index is 2.46. The molecule has 0 spiro atoms. The summed E-state index contributed by atoms with van der Waals surface area (Å²) in [5, 5.41) is 12.4. The number of hydrogen-bond donors (Lipinski definition) is 3. The minimum absolute atomic E-state index is 0.107. The number of nitrogens with one attached hydrogen (secondary N) is 1. The number of allylic oxidation sites excluding steroid dienone is 1. The van der Waals surface area contributed by atoms with Crippen molar-refractivity contribution in [2.75, 3.05) is 6.61 Å². The van der Waals surface area contributed by atoms with Crippen molar-refractivity contribution in [3.05, 3.63) is 41.1 Å². The molecule has 6 nitrogen and oxygen atoms in total. The van der Waals surface area contributed by atoms with Crippen molar-refractivity contribution in [3.8, 4) is 5.75 Å². The molecule has 0 amide bonds. The number of nitrogens with zero attached hydrogens (tertiary/aromatic N) is 1. The zero-order chi connectivity index (χ0) is 14.7. The maximum Gasteiger partial charge on any atom is 0.338 e. The number of carbonyl (C=O) groups excluding carboxylic acids is 1. The summed E-state index contributed by atoms with van der Waals surface area (Å²) in [6.45, 7) is 3.76. The number of aromatic hydroxyl groups is 1. The number of phenolic OH excluding ortho intramolecular Hbond substituents is 1. The number of ether oxygens (including phenoxy) is 1. The van der Waals surface area contributed by atoms with E-state index in [0.29, 0.717) is 16.8 Å². The molecule has 0 fully saturated rings. The molecule has 1 atom stereocenters. The Hall–Kier alpha value is -2.50. The summed E-state index contributed by atoms with van der Waals surface area (Å²) in [6.07, 6.45) is 0. The standard InChI is InChI=1S/C14H17N3O3/c1-3-20-13(19)11-8(2)16-14(15)17-12(11)9-5-4-6-10(18)7-9/h4-7,12,18H,3H2,1-2H3,(H3,15,16,17). The third-order valence-electron chi connectivity index (χ3n) is 2.94. The van der Waals surface area contributed by atoms with Gasteiger partial charge in [0.1, 0.15) is 11.8 Å². The molecule has 6 heteroatoms. The van der Waals surface area contributed by atoms with Crippen LogP contribution in [0, 0.1) is 0 Å². The van der Waals surface area contributed by atoms with E-state index in [-0.39, 0.29) is 18.3 Å². The number of rotatable bonds is 3. The van der Waals surface area contributed by atoms with Crippen molar-refractivity contribution in [1.82, 2.24) is 5.32 Å². The fraction of sp³-hybridized carbons (Fsp3) is 0.286. The molecule has 1 aromatic carbocycles. The highest BCUT2D eigenvalue weighted by Gasteiger charge is 2.29. The molecule has 0 aliphatic carbocycles. The maximum atomic E-state index is 12.1. The number of guanidine groups is 1. The van der Waals surface area contributed by atoms with Gasteiger partial charge in [-0.1, -0.05) is 12.1 Å². The molecule has 0 bridgehead atoms. The topological polar surface area (TPSA) is 96.9 Å². The second kappa shape index (κ2) is 5.64. The Labute approximate surface area is 117 Å². The predicted octanol–water partition coefficient (Wildman–Crippen LogP) is 1.19. The first-order valence-electron chi connectivity index (χ1n) is 6.30. The molecule has 1 aliphatic rings. The van der Waals surface area contributed by atoms with E-state index in [1.54, 1.807) is 38.1 Å². The highest BCUT2D eigenvalue weighted by atomic mass is 16.5. The lowest BCUT2D eigenvalue weighted by Crippen LogP contribution is -2.37. The van der Waals surface area contributed by atoms with E-state index in [0.717, 1.165) is 0 Å². The van der Waals surface area contributed by atoms with Crippen molar-refractivity contribution >= 4 is 11.9 Å². The molecular weight excluding hydrogens is 258 g/mol. The summed E-state index contributed by atoms with van der Waals surface area (Å²) in [7, 11) is 0. The van der Waals surface area contributed by atoms with E-state index in [2.05, 4.69) is 10.3 Å². The first-order chi connectivity index (χ1) is 9.52. The van der Waals surface area contributed by atoms with Gasteiger partial charge in [-0.2, -0.15) is 0 Å². The van der Waals surface area contributed by atoms with Gasteiger partial charge in [-0.15, -0.1) is 0 Å². The van der Waals surface area contributed by atoms with E-state index in [4.69, 9.17) is 10.5 Å². The molecule has 1 aliphatic heterocycles. The zero-order valence-corrected chi connectivity index (χ0v) is 11.4. The molecule has 4 N–H and O–H groups in total. The minimum Gasteiger partial charge on any atom is -0.508 e. The molecule has 0 radical (unpaired) electrons. The highest BCUT2D eigenvalue weighted by Crippen LogP contribution is 2.32. The number of phenols is 1. The lowest BCUT2D eigenvalue weighted by Gasteiger charge is -2.24. The van der Waals surface area contributed by atoms with Crippen LogP contribution in [0.1, 0.15) is 25.5 Å². The highest BCUT2D eigenvalue weighted by molar-refractivity contribution is 5.94. The molecule has 0 aromatic heterocycles. The Kier molecular flexibility index (Phi) is 3.93. The van der Waals surface area contributed by atoms with Crippen molar-refractivity contribution in [1.29, 1.82) is 0 Å². The lowest BCUT2D eigenvalue weighted by atomic mass is 9.96. The van der Waals surface area contributed by atoms with Gasteiger partial charge in [-0.25, -0.2) is 9.79 Å². The smallest absolute Gasteiger partial charge is 0.338 e. The largest absolute Gasteiger partial charge is 0.508 e. The summed E-state index contributed by atoms with van der Waals surface area (Å²) >= 11 is 0. The lowest BCUT2D eigenvalue weighted by molar-refractivity contribution is -0.138. The van der Waals surface area contributed by atoms with Crippen molar-refractivity contribution in [2.45, 2.75) is 19.9 Å². The maximum absolute atomic E-state index is 12.1. The summed E-state index contributed by atoms with van der Waals surface area (Å²) < 4.78 is 5.06. The molecule has 2 rings (SSSR count). The quantitative estimate of drug-likeness (QED) is 0.720. The number of nitrogens with two attached hydrogens (primary N) is 1. The number of hydrogen-bond acceptors (Lipinski definition) is 6. The van der Waals surface area contributed by atoms with Crippen LogP contribution in [0.15, 0.2) is 40.5 Å². The van der Waals surface area contributed by atoms with E-state index in [1.807, 2.05) is 0 Å². The van der Waals surface area contributed by atoms with Gasteiger partial charge >= 0.3 is 5.97 Å². The number of carbonyl (C=O) groups is 1. The minimum atomic E-state index is -0.581. The van der Waals surface area contributed by atoms with E-state index in [9.17, 15) is 9.90 Å². The monoisotopic (exact) mass is 275 g/mol. The average Bonchev–Trinajstić information content (AvgIpc) is 2.37. The van der Waals surface area contributed by atoms with E-state index in [1.165, 1.54) is 0 Å². The number of benzene rings is 1. The van der Waals surface area contributed by atoms with Crippen molar-refractivity contribution in [3.63, 3.8) is 0 Å². The fourth-order valence-corrected chi connectivity index (χ4v) is 2.11. The molecule has 1 heterocycles. The van der Waals surface area contributed by atoms with Crippen LogP contribution in [-0.4, -0.2) is 23.6 Å². The summed E-state index contributed by atoms with van der Waals surface area (Å²) in [5.41, 5.74) is 7.39. The van der Waals surface area contributed by atoms with Gasteiger partial charge in [0.25, 0.3) is 0 Å². The van der Waals surface area contributed by atoms with Crippen LogP contribution in [0.5, 0.6) is 5.75 Å². The summed E-state index contributed by atoms with van der Waals surface area (Å²) in [5.74, 6) is -0.110. The molecule has 1 aromatic rings. The Morgan fingerprint density at radius 3 is 2.95 bits per heavy atom. The second-order valence-corrected chi connectivity index (χ2v) is 4.40. The van der Waals surface area contributed by atoms with Gasteiger partial charge in [0.2, 0.25) is 0 Å². The first kappa shape index (κ1) is 13.9. The van der Waals surface area contributed by atoms with Gasteiger partial charge in [0, 0.05) is 5.70 Å².